The highest BCUT2D eigenvalue weighted by atomic mass is 15.1. The molecule has 1 aromatic rings. The van der Waals surface area contributed by atoms with E-state index in [4.69, 9.17) is 0 Å². The van der Waals surface area contributed by atoms with E-state index in [1.54, 1.807) is 0 Å². The highest BCUT2D eigenvalue weighted by molar-refractivity contribution is 5.27. The fraction of sp³-hybridized carbons (Fsp3) is 0.500. The van der Waals surface area contributed by atoms with Crippen LogP contribution in [0.25, 0.3) is 0 Å². The van der Waals surface area contributed by atoms with Crippen LogP contribution in [0.3, 0.4) is 0 Å². The van der Waals surface area contributed by atoms with Crippen molar-refractivity contribution in [3.63, 3.8) is 0 Å². The maximum absolute atomic E-state index is 3.68. The van der Waals surface area contributed by atoms with E-state index in [1.165, 1.54) is 12.0 Å². The number of benzene rings is 1. The molecule has 0 bridgehead atoms. The van der Waals surface area contributed by atoms with Crippen LogP contribution in [0.1, 0.15) is 17.9 Å². The second kappa shape index (κ2) is 3.37. The summed E-state index contributed by atoms with van der Waals surface area (Å²) in [6.07, 6.45) is 1.32. The molecule has 1 aromatic carbocycles. The van der Waals surface area contributed by atoms with Gasteiger partial charge in [0.25, 0.3) is 0 Å². The largest absolute Gasteiger partial charge is 0.314 e. The summed E-state index contributed by atoms with van der Waals surface area (Å²) in [5.41, 5.74) is 1.50. The maximum atomic E-state index is 3.68. The molecule has 14 heavy (non-hydrogen) atoms. The van der Waals surface area contributed by atoms with Crippen molar-refractivity contribution < 1.29 is 0 Å². The molecule has 2 heteroatoms. The summed E-state index contributed by atoms with van der Waals surface area (Å²) in [5, 5.41) is 6.96. The molecule has 1 heterocycles. The predicted molar refractivity (Wildman–Crippen MR) is 57.4 cm³/mol. The van der Waals surface area contributed by atoms with Crippen LogP contribution in [0.15, 0.2) is 30.3 Å². The van der Waals surface area contributed by atoms with E-state index in [9.17, 15) is 0 Å². The van der Waals surface area contributed by atoms with Gasteiger partial charge >= 0.3 is 0 Å². The standard InChI is InChI=1S/C12H16N2/c1-2-4-9(5-3-1)11-6-12(11)14-10-7-13-8-10/h1-5,10-14H,6-8H2. The predicted octanol–water partition coefficient (Wildman–Crippen LogP) is 1.10. The monoisotopic (exact) mass is 188 g/mol. The number of nitrogens with one attached hydrogen (secondary N) is 2. The summed E-state index contributed by atoms with van der Waals surface area (Å²) in [6, 6.07) is 12.3. The van der Waals surface area contributed by atoms with Crippen molar-refractivity contribution in [3.8, 4) is 0 Å². The Kier molecular flexibility index (Phi) is 2.03. The topological polar surface area (TPSA) is 24.1 Å². The molecule has 1 saturated heterocycles. The first-order valence-corrected chi connectivity index (χ1v) is 5.45. The molecule has 2 unspecified atom stereocenters. The van der Waals surface area contributed by atoms with Crippen LogP contribution in [0.2, 0.25) is 0 Å². The van der Waals surface area contributed by atoms with E-state index in [2.05, 4.69) is 41.0 Å². The average molecular weight is 188 g/mol. The smallest absolute Gasteiger partial charge is 0.0320 e. The molecule has 1 saturated carbocycles. The Morgan fingerprint density at radius 3 is 2.57 bits per heavy atom. The lowest BCUT2D eigenvalue weighted by atomic mass is 10.1. The van der Waals surface area contributed by atoms with Crippen molar-refractivity contribution in [1.82, 2.24) is 10.6 Å². The van der Waals surface area contributed by atoms with E-state index in [0.717, 1.165) is 31.1 Å². The quantitative estimate of drug-likeness (QED) is 0.742. The van der Waals surface area contributed by atoms with E-state index in [1.807, 2.05) is 0 Å². The summed E-state index contributed by atoms with van der Waals surface area (Å²) in [6.45, 7) is 2.30. The maximum Gasteiger partial charge on any atom is 0.0320 e. The van der Waals surface area contributed by atoms with E-state index in [0.29, 0.717) is 0 Å². The van der Waals surface area contributed by atoms with Crippen LogP contribution in [0, 0.1) is 0 Å². The molecule has 0 radical (unpaired) electrons. The van der Waals surface area contributed by atoms with Crippen LogP contribution >= 0.6 is 0 Å². The van der Waals surface area contributed by atoms with Gasteiger partial charge in [0.15, 0.2) is 0 Å². The van der Waals surface area contributed by atoms with E-state index >= 15 is 0 Å². The summed E-state index contributed by atoms with van der Waals surface area (Å²) < 4.78 is 0. The van der Waals surface area contributed by atoms with Gasteiger partial charge in [-0.3, -0.25) is 0 Å². The summed E-state index contributed by atoms with van der Waals surface area (Å²) in [4.78, 5) is 0. The lowest BCUT2D eigenvalue weighted by Gasteiger charge is -2.28. The molecule has 2 nitrogen and oxygen atoms in total. The molecule has 74 valence electrons. The highest BCUT2D eigenvalue weighted by Gasteiger charge is 2.39. The minimum absolute atomic E-state index is 0.730. The zero-order valence-corrected chi connectivity index (χ0v) is 8.24. The second-order valence-electron chi connectivity index (χ2n) is 4.38. The minimum atomic E-state index is 0.730. The molecular formula is C12H16N2. The average Bonchev–Trinajstić information content (AvgIpc) is 2.92. The Labute approximate surface area is 84.7 Å². The lowest BCUT2D eigenvalue weighted by molar-refractivity contribution is 0.362. The molecule has 0 amide bonds. The molecular weight excluding hydrogens is 172 g/mol. The Hall–Kier alpha value is -0.860. The van der Waals surface area contributed by atoms with Gasteiger partial charge in [0.1, 0.15) is 0 Å². The Morgan fingerprint density at radius 2 is 1.93 bits per heavy atom. The van der Waals surface area contributed by atoms with Gasteiger partial charge in [0.05, 0.1) is 0 Å². The number of rotatable bonds is 3. The molecule has 0 aromatic heterocycles. The summed E-state index contributed by atoms with van der Waals surface area (Å²) in [5.74, 6) is 0.775. The van der Waals surface area contributed by atoms with Gasteiger partial charge in [0.2, 0.25) is 0 Å². The first-order valence-electron chi connectivity index (χ1n) is 5.45. The molecule has 2 aliphatic rings. The van der Waals surface area contributed by atoms with Gasteiger partial charge < -0.3 is 10.6 Å². The molecule has 0 spiro atoms. The van der Waals surface area contributed by atoms with Crippen LogP contribution in [-0.4, -0.2) is 25.2 Å². The van der Waals surface area contributed by atoms with Gasteiger partial charge in [-0.15, -0.1) is 0 Å². The van der Waals surface area contributed by atoms with Gasteiger partial charge in [-0.2, -0.15) is 0 Å². The lowest BCUT2D eigenvalue weighted by Crippen LogP contribution is -2.56. The second-order valence-corrected chi connectivity index (χ2v) is 4.38. The van der Waals surface area contributed by atoms with Crippen LogP contribution < -0.4 is 10.6 Å². The van der Waals surface area contributed by atoms with Crippen molar-refractivity contribution in [2.75, 3.05) is 13.1 Å². The fourth-order valence-corrected chi connectivity index (χ4v) is 2.16. The molecule has 2 fully saturated rings. The number of hydrogen-bond acceptors (Lipinski definition) is 2. The van der Waals surface area contributed by atoms with Crippen LogP contribution in [0.5, 0.6) is 0 Å². The molecule has 2 N–H and O–H groups in total. The Balaban J connectivity index is 1.57. The third-order valence-electron chi connectivity index (χ3n) is 3.25. The van der Waals surface area contributed by atoms with Crippen molar-refractivity contribution in [2.24, 2.45) is 0 Å². The summed E-state index contributed by atoms with van der Waals surface area (Å²) >= 11 is 0. The van der Waals surface area contributed by atoms with Crippen molar-refractivity contribution in [2.45, 2.75) is 24.4 Å². The summed E-state index contributed by atoms with van der Waals surface area (Å²) in [7, 11) is 0. The van der Waals surface area contributed by atoms with E-state index in [-0.39, 0.29) is 0 Å². The third-order valence-corrected chi connectivity index (χ3v) is 3.25. The normalized spacial score (nSPS) is 31.1. The van der Waals surface area contributed by atoms with Gasteiger partial charge in [-0.05, 0) is 12.0 Å². The SMILES string of the molecule is c1ccc(C2CC2NC2CNC2)cc1. The molecule has 2 atom stereocenters. The van der Waals surface area contributed by atoms with Crippen LogP contribution in [-0.2, 0) is 0 Å². The molecule has 1 aliphatic heterocycles. The van der Waals surface area contributed by atoms with Crippen molar-refractivity contribution >= 4 is 0 Å². The zero-order valence-electron chi connectivity index (χ0n) is 8.24. The first kappa shape index (κ1) is 8.45. The first-order chi connectivity index (χ1) is 6.93. The molecule has 1 aliphatic carbocycles. The van der Waals surface area contributed by atoms with Gasteiger partial charge in [-0.25, -0.2) is 0 Å². The minimum Gasteiger partial charge on any atom is -0.314 e. The third kappa shape index (κ3) is 1.56. The van der Waals surface area contributed by atoms with Crippen LogP contribution in [0.4, 0.5) is 0 Å². The fourth-order valence-electron chi connectivity index (χ4n) is 2.16. The Morgan fingerprint density at radius 1 is 1.14 bits per heavy atom. The van der Waals surface area contributed by atoms with Gasteiger partial charge in [-0.1, -0.05) is 30.3 Å². The zero-order chi connectivity index (χ0) is 9.38. The number of hydrogen-bond donors (Lipinski definition) is 2. The van der Waals surface area contributed by atoms with E-state index < -0.39 is 0 Å². The van der Waals surface area contributed by atoms with Gasteiger partial charge in [0, 0.05) is 31.1 Å². The van der Waals surface area contributed by atoms with Crippen molar-refractivity contribution in [3.05, 3.63) is 35.9 Å². The molecule has 3 rings (SSSR count). The van der Waals surface area contributed by atoms with Crippen molar-refractivity contribution in [1.29, 1.82) is 0 Å². The Bertz CT molecular complexity index is 305. The highest BCUT2D eigenvalue weighted by Crippen LogP contribution is 2.40.